The largest absolute Gasteiger partial charge is 0.507 e. The zero-order valence-electron chi connectivity index (χ0n) is 15.5. The number of rotatable bonds is 5. The Kier molecular flexibility index (Phi) is 5.89. The van der Waals surface area contributed by atoms with Crippen LogP contribution in [-0.4, -0.2) is 34.9 Å². The van der Waals surface area contributed by atoms with Crippen molar-refractivity contribution in [3.8, 4) is 11.5 Å². The molecule has 0 heterocycles. The first-order valence-electron chi connectivity index (χ1n) is 8.64. The van der Waals surface area contributed by atoms with Crippen LogP contribution in [0.15, 0.2) is 77.9 Å². The molecule has 7 nitrogen and oxygen atoms in total. The molecule has 0 aromatic heterocycles. The molecule has 0 fully saturated rings. The Labute approximate surface area is 166 Å². The number of methoxy groups -OCH3 is 1. The average molecular weight is 390 g/mol. The van der Waals surface area contributed by atoms with Crippen LogP contribution in [0.3, 0.4) is 0 Å². The Morgan fingerprint density at radius 2 is 1.38 bits per heavy atom. The molecular weight excluding hydrogens is 372 g/mol. The number of para-hydroxylation sites is 2. The lowest BCUT2D eigenvalue weighted by atomic mass is 10.0. The van der Waals surface area contributed by atoms with Crippen LogP contribution in [0, 0.1) is 0 Å². The normalized spacial score (nSPS) is 10.1. The van der Waals surface area contributed by atoms with Crippen molar-refractivity contribution in [2.75, 3.05) is 7.11 Å². The molecule has 3 rings (SSSR count). The first-order chi connectivity index (χ1) is 14.0. The lowest BCUT2D eigenvalue weighted by molar-refractivity contribution is 0.0600. The summed E-state index contributed by atoms with van der Waals surface area (Å²) in [4.78, 5) is 24.2. The van der Waals surface area contributed by atoms with E-state index in [0.29, 0.717) is 11.1 Å². The van der Waals surface area contributed by atoms with Crippen molar-refractivity contribution in [1.82, 2.24) is 5.43 Å². The summed E-state index contributed by atoms with van der Waals surface area (Å²) < 4.78 is 4.66. The fourth-order valence-electron chi connectivity index (χ4n) is 2.69. The molecule has 3 aromatic rings. The predicted octanol–water partition coefficient (Wildman–Crippen LogP) is 3.07. The molecule has 0 atom stereocenters. The van der Waals surface area contributed by atoms with Crippen LogP contribution in [0.5, 0.6) is 11.5 Å². The van der Waals surface area contributed by atoms with Crippen molar-refractivity contribution in [1.29, 1.82) is 0 Å². The first kappa shape index (κ1) is 19.6. The number of esters is 1. The third kappa shape index (κ3) is 4.41. The highest BCUT2D eigenvalue weighted by molar-refractivity contribution is 6.16. The monoisotopic (exact) mass is 390 g/mol. The van der Waals surface area contributed by atoms with Crippen molar-refractivity contribution in [3.63, 3.8) is 0 Å². The van der Waals surface area contributed by atoms with Gasteiger partial charge >= 0.3 is 5.97 Å². The van der Waals surface area contributed by atoms with Gasteiger partial charge in [0, 0.05) is 16.7 Å². The number of amides is 1. The number of ether oxygens (including phenoxy) is 1. The van der Waals surface area contributed by atoms with Crippen LogP contribution < -0.4 is 5.43 Å². The first-order valence-corrected chi connectivity index (χ1v) is 8.64. The van der Waals surface area contributed by atoms with Gasteiger partial charge in [-0.15, -0.1) is 0 Å². The van der Waals surface area contributed by atoms with Gasteiger partial charge in [-0.2, -0.15) is 5.10 Å². The quantitative estimate of drug-likeness (QED) is 0.352. The van der Waals surface area contributed by atoms with Gasteiger partial charge in [0.1, 0.15) is 17.2 Å². The molecule has 0 unspecified atom stereocenters. The summed E-state index contributed by atoms with van der Waals surface area (Å²) in [6, 6.07) is 18.9. The Hall–Kier alpha value is -4.13. The van der Waals surface area contributed by atoms with Crippen molar-refractivity contribution >= 4 is 17.6 Å². The Balaban J connectivity index is 1.97. The molecule has 0 aliphatic rings. The van der Waals surface area contributed by atoms with Gasteiger partial charge in [0.25, 0.3) is 5.91 Å². The molecule has 0 saturated carbocycles. The van der Waals surface area contributed by atoms with Gasteiger partial charge in [-0.3, -0.25) is 4.79 Å². The summed E-state index contributed by atoms with van der Waals surface area (Å²) >= 11 is 0. The molecular formula is C22H18N2O5. The maximum atomic E-state index is 12.5. The van der Waals surface area contributed by atoms with Crippen molar-refractivity contribution in [3.05, 3.63) is 95.1 Å². The van der Waals surface area contributed by atoms with Crippen molar-refractivity contribution in [2.24, 2.45) is 5.10 Å². The highest BCUT2D eigenvalue weighted by Gasteiger charge is 2.16. The molecule has 0 aliphatic heterocycles. The van der Waals surface area contributed by atoms with Gasteiger partial charge in [-0.25, -0.2) is 10.2 Å². The van der Waals surface area contributed by atoms with E-state index in [0.717, 1.165) is 0 Å². The van der Waals surface area contributed by atoms with Crippen LogP contribution in [0.4, 0.5) is 0 Å². The van der Waals surface area contributed by atoms with E-state index in [9.17, 15) is 19.8 Å². The topological polar surface area (TPSA) is 108 Å². The molecule has 3 aromatic carbocycles. The van der Waals surface area contributed by atoms with Crippen LogP contribution in [0.2, 0.25) is 0 Å². The van der Waals surface area contributed by atoms with E-state index in [-0.39, 0.29) is 28.3 Å². The fraction of sp³-hybridized carbons (Fsp3) is 0.0455. The van der Waals surface area contributed by atoms with Gasteiger partial charge in [0.05, 0.1) is 12.7 Å². The van der Waals surface area contributed by atoms with Gasteiger partial charge < -0.3 is 14.9 Å². The van der Waals surface area contributed by atoms with E-state index in [2.05, 4.69) is 15.3 Å². The molecule has 7 heteroatoms. The Morgan fingerprint density at radius 3 is 1.93 bits per heavy atom. The second-order valence-corrected chi connectivity index (χ2v) is 6.01. The number of carbonyl (C=O) groups is 2. The van der Waals surface area contributed by atoms with Crippen LogP contribution >= 0.6 is 0 Å². The number of nitrogens with zero attached hydrogens (tertiary/aromatic N) is 1. The van der Waals surface area contributed by atoms with E-state index in [1.165, 1.54) is 37.4 Å². The number of hydrogen-bond donors (Lipinski definition) is 3. The summed E-state index contributed by atoms with van der Waals surface area (Å²) in [5.41, 5.74) is 3.68. The number of benzene rings is 3. The van der Waals surface area contributed by atoms with Gasteiger partial charge in [-0.1, -0.05) is 30.3 Å². The lowest BCUT2D eigenvalue weighted by Gasteiger charge is -2.11. The zero-order valence-corrected chi connectivity index (χ0v) is 15.5. The Bertz CT molecular complexity index is 1040. The SMILES string of the molecule is COC(=O)c1cccc(C(=O)NN=C(c2ccccc2O)c2ccccc2O)c1. The molecule has 1 amide bonds. The van der Waals surface area contributed by atoms with E-state index in [1.54, 1.807) is 42.5 Å². The molecule has 29 heavy (non-hydrogen) atoms. The number of nitrogens with one attached hydrogen (secondary N) is 1. The van der Waals surface area contributed by atoms with Crippen molar-refractivity contribution < 1.29 is 24.5 Å². The molecule has 0 radical (unpaired) electrons. The minimum Gasteiger partial charge on any atom is -0.507 e. The van der Waals surface area contributed by atoms with Crippen LogP contribution in [-0.2, 0) is 4.74 Å². The predicted molar refractivity (Wildman–Crippen MR) is 107 cm³/mol. The average Bonchev–Trinajstić information content (AvgIpc) is 2.75. The summed E-state index contributed by atoms with van der Waals surface area (Å²) in [5.74, 6) is -1.25. The number of aromatic hydroxyl groups is 2. The third-order valence-corrected chi connectivity index (χ3v) is 4.13. The number of hydrogen-bond acceptors (Lipinski definition) is 6. The van der Waals surface area contributed by atoms with E-state index < -0.39 is 11.9 Å². The van der Waals surface area contributed by atoms with Crippen molar-refractivity contribution in [2.45, 2.75) is 0 Å². The molecule has 0 aliphatic carbocycles. The van der Waals surface area contributed by atoms with Gasteiger partial charge in [-0.05, 0) is 42.5 Å². The number of carbonyl (C=O) groups excluding carboxylic acids is 2. The molecule has 0 saturated heterocycles. The van der Waals surface area contributed by atoms with Gasteiger partial charge in [0.2, 0.25) is 0 Å². The second kappa shape index (κ2) is 8.71. The van der Waals surface area contributed by atoms with Crippen LogP contribution in [0.25, 0.3) is 0 Å². The maximum Gasteiger partial charge on any atom is 0.337 e. The maximum absolute atomic E-state index is 12.5. The summed E-state index contributed by atoms with van der Waals surface area (Å²) in [5, 5.41) is 24.6. The van der Waals surface area contributed by atoms with Gasteiger partial charge in [0.15, 0.2) is 0 Å². The Morgan fingerprint density at radius 1 is 0.828 bits per heavy atom. The second-order valence-electron chi connectivity index (χ2n) is 6.01. The highest BCUT2D eigenvalue weighted by Crippen LogP contribution is 2.25. The number of phenolic OH excluding ortho intramolecular Hbond substituents is 2. The standard InChI is InChI=1S/C22H18N2O5/c1-29-22(28)15-8-6-7-14(13-15)21(27)24-23-20(16-9-2-4-11-18(16)25)17-10-3-5-12-19(17)26/h2-13,25-26H,1H3,(H,24,27). The van der Waals surface area contributed by atoms with E-state index >= 15 is 0 Å². The zero-order chi connectivity index (χ0) is 20.8. The molecule has 0 bridgehead atoms. The molecule has 3 N–H and O–H groups in total. The van der Waals surface area contributed by atoms with E-state index in [4.69, 9.17) is 0 Å². The fourth-order valence-corrected chi connectivity index (χ4v) is 2.69. The minimum atomic E-state index is -0.570. The smallest absolute Gasteiger partial charge is 0.337 e. The summed E-state index contributed by atoms with van der Waals surface area (Å²) in [6.07, 6.45) is 0. The third-order valence-electron chi connectivity index (χ3n) is 4.13. The summed E-state index contributed by atoms with van der Waals surface area (Å²) in [7, 11) is 1.25. The molecule has 0 spiro atoms. The van der Waals surface area contributed by atoms with Crippen LogP contribution in [0.1, 0.15) is 31.8 Å². The van der Waals surface area contributed by atoms with E-state index in [1.807, 2.05) is 0 Å². The highest BCUT2D eigenvalue weighted by atomic mass is 16.5. The number of phenols is 2. The molecule has 146 valence electrons. The number of hydrazone groups is 1. The minimum absolute atomic E-state index is 0.0589. The lowest BCUT2D eigenvalue weighted by Crippen LogP contribution is -2.21. The summed E-state index contributed by atoms with van der Waals surface area (Å²) in [6.45, 7) is 0.